The predicted molar refractivity (Wildman–Crippen MR) is 79.6 cm³/mol. The maximum atomic E-state index is 12.0. The van der Waals surface area contributed by atoms with Gasteiger partial charge >= 0.3 is 0 Å². The first-order valence-electron chi connectivity index (χ1n) is 6.96. The molecular formula is C15H19NO5S. The number of amides is 2. The number of hydrogen-bond donors (Lipinski definition) is 1. The quantitative estimate of drug-likeness (QED) is 0.825. The van der Waals surface area contributed by atoms with Crippen LogP contribution in [0.1, 0.15) is 25.5 Å². The van der Waals surface area contributed by atoms with Gasteiger partial charge in [-0.25, -0.2) is 8.42 Å². The van der Waals surface area contributed by atoms with Gasteiger partial charge < -0.3 is 5.11 Å². The number of sulfone groups is 1. The van der Waals surface area contributed by atoms with E-state index in [0.717, 1.165) is 11.2 Å². The summed E-state index contributed by atoms with van der Waals surface area (Å²) in [5.41, 5.74) is 0.459. The molecule has 1 aliphatic rings. The Hall–Kier alpha value is -1.73. The van der Waals surface area contributed by atoms with E-state index in [9.17, 15) is 23.1 Å². The van der Waals surface area contributed by atoms with Crippen LogP contribution in [-0.2, 0) is 19.4 Å². The summed E-state index contributed by atoms with van der Waals surface area (Å²) in [7, 11) is -3.30. The fourth-order valence-corrected chi connectivity index (χ4v) is 3.05. The van der Waals surface area contributed by atoms with Crippen molar-refractivity contribution < 1.29 is 23.1 Å². The van der Waals surface area contributed by atoms with Crippen LogP contribution in [0.5, 0.6) is 0 Å². The van der Waals surface area contributed by atoms with Crippen molar-refractivity contribution in [3.8, 4) is 0 Å². The summed E-state index contributed by atoms with van der Waals surface area (Å²) < 4.78 is 22.8. The highest BCUT2D eigenvalue weighted by atomic mass is 32.2. The van der Waals surface area contributed by atoms with E-state index in [1.54, 1.807) is 13.8 Å². The van der Waals surface area contributed by atoms with Gasteiger partial charge in [0.25, 0.3) is 0 Å². The summed E-state index contributed by atoms with van der Waals surface area (Å²) >= 11 is 0. The molecule has 3 unspecified atom stereocenters. The number of rotatable bonds is 4. The van der Waals surface area contributed by atoms with Gasteiger partial charge in [0.15, 0.2) is 9.84 Å². The number of carbonyl (C=O) groups is 2. The standard InChI is InChI=1S/C15H19NO5S/c1-9-10(2)15(19)16(14(9)18)8-13(17)11-4-6-12(7-5-11)22(3,20)21/h4-7,9-10,13,17H,8H2,1-3H3. The largest absolute Gasteiger partial charge is 0.387 e. The van der Waals surface area contributed by atoms with E-state index >= 15 is 0 Å². The van der Waals surface area contributed by atoms with Gasteiger partial charge in [0.1, 0.15) is 0 Å². The summed E-state index contributed by atoms with van der Waals surface area (Å²) in [6.07, 6.45) is 0.0574. The number of aliphatic hydroxyl groups is 1. The highest BCUT2D eigenvalue weighted by molar-refractivity contribution is 7.90. The van der Waals surface area contributed by atoms with Crippen molar-refractivity contribution in [2.75, 3.05) is 12.8 Å². The minimum atomic E-state index is -3.30. The Kier molecular flexibility index (Phi) is 4.39. The molecule has 0 saturated carbocycles. The lowest BCUT2D eigenvalue weighted by Gasteiger charge is -2.19. The molecule has 1 N–H and O–H groups in total. The Morgan fingerprint density at radius 1 is 1.09 bits per heavy atom. The molecule has 22 heavy (non-hydrogen) atoms. The molecule has 1 aromatic carbocycles. The lowest BCUT2D eigenvalue weighted by atomic mass is 10.00. The van der Waals surface area contributed by atoms with E-state index in [-0.39, 0.29) is 35.1 Å². The second kappa shape index (κ2) is 5.81. The maximum absolute atomic E-state index is 12.0. The average molecular weight is 325 g/mol. The minimum Gasteiger partial charge on any atom is -0.387 e. The van der Waals surface area contributed by atoms with Gasteiger partial charge in [0.05, 0.1) is 17.5 Å². The predicted octanol–water partition coefficient (Wildman–Crippen LogP) is 0.764. The Morgan fingerprint density at radius 3 is 1.95 bits per heavy atom. The molecule has 0 aliphatic carbocycles. The highest BCUT2D eigenvalue weighted by Gasteiger charge is 2.42. The topological polar surface area (TPSA) is 91.8 Å². The molecule has 0 spiro atoms. The second-order valence-corrected chi connectivity index (χ2v) is 7.74. The fraction of sp³-hybridized carbons (Fsp3) is 0.467. The summed E-state index contributed by atoms with van der Waals surface area (Å²) in [5, 5.41) is 10.2. The molecule has 3 atom stereocenters. The van der Waals surface area contributed by atoms with E-state index < -0.39 is 15.9 Å². The molecule has 2 amide bonds. The molecule has 2 rings (SSSR count). The van der Waals surface area contributed by atoms with Crippen LogP contribution in [0, 0.1) is 11.8 Å². The van der Waals surface area contributed by atoms with Crippen molar-refractivity contribution in [3.63, 3.8) is 0 Å². The minimum absolute atomic E-state index is 0.120. The SMILES string of the molecule is CC1C(=O)N(CC(O)c2ccc(S(C)(=O)=O)cc2)C(=O)C1C. The average Bonchev–Trinajstić information content (AvgIpc) is 2.64. The zero-order valence-corrected chi connectivity index (χ0v) is 13.5. The number of nitrogens with zero attached hydrogens (tertiary/aromatic N) is 1. The van der Waals surface area contributed by atoms with Gasteiger partial charge in [0.2, 0.25) is 11.8 Å². The van der Waals surface area contributed by atoms with E-state index in [1.807, 2.05) is 0 Å². The Morgan fingerprint density at radius 2 is 1.55 bits per heavy atom. The normalized spacial score (nSPS) is 23.9. The number of hydrogen-bond acceptors (Lipinski definition) is 5. The summed E-state index contributed by atoms with van der Waals surface area (Å²) in [4.78, 5) is 25.2. The van der Waals surface area contributed by atoms with E-state index in [0.29, 0.717) is 5.56 Å². The van der Waals surface area contributed by atoms with Crippen LogP contribution in [0.2, 0.25) is 0 Å². The smallest absolute Gasteiger partial charge is 0.232 e. The number of imide groups is 1. The zero-order valence-electron chi connectivity index (χ0n) is 12.7. The zero-order chi connectivity index (χ0) is 16.7. The molecule has 7 heteroatoms. The van der Waals surface area contributed by atoms with Crippen molar-refractivity contribution in [2.24, 2.45) is 11.8 Å². The molecule has 6 nitrogen and oxygen atoms in total. The van der Waals surface area contributed by atoms with Gasteiger partial charge in [-0.1, -0.05) is 26.0 Å². The van der Waals surface area contributed by atoms with Crippen LogP contribution in [0.15, 0.2) is 29.2 Å². The molecular weight excluding hydrogens is 306 g/mol. The summed E-state index contributed by atoms with van der Waals surface area (Å²) in [6, 6.07) is 5.76. The summed E-state index contributed by atoms with van der Waals surface area (Å²) in [5.74, 6) is -1.34. The molecule has 1 fully saturated rings. The van der Waals surface area contributed by atoms with Gasteiger partial charge in [0, 0.05) is 18.1 Å². The van der Waals surface area contributed by atoms with Gasteiger partial charge in [-0.15, -0.1) is 0 Å². The summed E-state index contributed by atoms with van der Waals surface area (Å²) in [6.45, 7) is 3.26. The van der Waals surface area contributed by atoms with E-state index in [2.05, 4.69) is 0 Å². The first-order chi connectivity index (χ1) is 10.1. The Labute approximate surface area is 129 Å². The molecule has 0 radical (unpaired) electrons. The lowest BCUT2D eigenvalue weighted by molar-refractivity contribution is -0.141. The maximum Gasteiger partial charge on any atom is 0.232 e. The third-order valence-corrected chi connectivity index (χ3v) is 5.24. The van der Waals surface area contributed by atoms with Gasteiger partial charge in [-0.2, -0.15) is 0 Å². The molecule has 0 bridgehead atoms. The number of β-amino-alcohol motifs (C(OH)–C–C–N with tert-alkyl or cyclic N) is 1. The van der Waals surface area contributed by atoms with E-state index in [1.165, 1.54) is 24.3 Å². The van der Waals surface area contributed by atoms with Gasteiger partial charge in [-0.3, -0.25) is 14.5 Å². The molecule has 120 valence electrons. The van der Waals surface area contributed by atoms with Crippen molar-refractivity contribution >= 4 is 21.7 Å². The van der Waals surface area contributed by atoms with Crippen LogP contribution in [-0.4, -0.2) is 43.0 Å². The van der Waals surface area contributed by atoms with Crippen LogP contribution in [0.25, 0.3) is 0 Å². The Bertz CT molecular complexity index is 675. The first-order valence-corrected chi connectivity index (χ1v) is 8.85. The third kappa shape index (κ3) is 3.05. The molecule has 1 saturated heterocycles. The number of benzene rings is 1. The van der Waals surface area contributed by atoms with Gasteiger partial charge in [-0.05, 0) is 17.7 Å². The highest BCUT2D eigenvalue weighted by Crippen LogP contribution is 2.27. The first kappa shape index (κ1) is 16.6. The molecule has 1 aromatic rings. The van der Waals surface area contributed by atoms with Crippen molar-refractivity contribution in [1.82, 2.24) is 4.90 Å². The molecule has 1 aliphatic heterocycles. The van der Waals surface area contributed by atoms with Crippen LogP contribution < -0.4 is 0 Å². The van der Waals surface area contributed by atoms with Crippen molar-refractivity contribution in [2.45, 2.75) is 24.8 Å². The van der Waals surface area contributed by atoms with Crippen molar-refractivity contribution in [1.29, 1.82) is 0 Å². The number of carbonyl (C=O) groups excluding carboxylic acids is 2. The third-order valence-electron chi connectivity index (χ3n) is 4.11. The van der Waals surface area contributed by atoms with E-state index in [4.69, 9.17) is 0 Å². The number of likely N-dealkylation sites (tertiary alicyclic amines) is 1. The monoisotopic (exact) mass is 325 g/mol. The van der Waals surface area contributed by atoms with Crippen LogP contribution in [0.3, 0.4) is 0 Å². The van der Waals surface area contributed by atoms with Crippen LogP contribution >= 0.6 is 0 Å². The lowest BCUT2D eigenvalue weighted by Crippen LogP contribution is -2.34. The fourth-order valence-electron chi connectivity index (χ4n) is 2.42. The molecule has 1 heterocycles. The van der Waals surface area contributed by atoms with Crippen LogP contribution in [0.4, 0.5) is 0 Å². The van der Waals surface area contributed by atoms with Crippen molar-refractivity contribution in [3.05, 3.63) is 29.8 Å². The number of aliphatic hydroxyl groups excluding tert-OH is 1. The Balaban J connectivity index is 2.14. The molecule has 0 aromatic heterocycles. The second-order valence-electron chi connectivity index (χ2n) is 5.72.